The van der Waals surface area contributed by atoms with Gasteiger partial charge in [-0.25, -0.2) is 0 Å². The number of aromatic hydroxyl groups is 4. The van der Waals surface area contributed by atoms with Gasteiger partial charge in [0, 0.05) is 12.1 Å². The van der Waals surface area contributed by atoms with E-state index in [9.17, 15) is 30.3 Å². The van der Waals surface area contributed by atoms with Gasteiger partial charge >= 0.3 is 0 Å². The number of benzene rings is 2. The summed E-state index contributed by atoms with van der Waals surface area (Å²) in [6.45, 7) is 0. The zero-order chi connectivity index (χ0) is 18.6. The molecule has 7 nitrogen and oxygen atoms in total. The number of Topliss-reactive ketones (excluding diaryl/α,β-unsaturated/α-hetero) is 1. The largest absolute Gasteiger partial charge is 0.508 e. The van der Waals surface area contributed by atoms with Gasteiger partial charge in [-0.3, -0.25) is 4.79 Å². The number of carbonyl (C=O) groups excluding carboxylic acids is 1. The lowest BCUT2D eigenvalue weighted by molar-refractivity contribution is 0.0210. The summed E-state index contributed by atoms with van der Waals surface area (Å²) >= 11 is 0. The molecule has 3 rings (SSSR count). The molecule has 7 heteroatoms. The van der Waals surface area contributed by atoms with Gasteiger partial charge in [-0.05, 0) is 17.6 Å². The molecular weight excluding hydrogens is 292 g/mol. The molecule has 0 aliphatic carbocycles. The van der Waals surface area contributed by atoms with Crippen LogP contribution >= 0.6 is 0 Å². The van der Waals surface area contributed by atoms with E-state index in [-0.39, 0.29) is 11.3 Å². The van der Waals surface area contributed by atoms with Crippen LogP contribution in [-0.4, -0.2) is 37.4 Å². The number of rotatable bonds is 1. The molecule has 0 unspecified atom stereocenters. The van der Waals surface area contributed by atoms with E-state index in [1.807, 2.05) is 0 Å². The van der Waals surface area contributed by atoms with E-state index in [2.05, 4.69) is 0 Å². The molecule has 1 aliphatic heterocycles. The molecular formula is C15H12O7. The number of hydrogen-bond acceptors (Lipinski definition) is 7. The van der Waals surface area contributed by atoms with Crippen molar-refractivity contribution < 1.29 is 39.2 Å². The van der Waals surface area contributed by atoms with Crippen LogP contribution in [0.3, 0.4) is 0 Å². The normalized spacial score (nSPS) is 22.2. The second-order valence-corrected chi connectivity index (χ2v) is 4.67. The molecule has 2 aromatic rings. The van der Waals surface area contributed by atoms with E-state index >= 15 is 0 Å². The highest BCUT2D eigenvalue weighted by Crippen LogP contribution is 2.42. The number of ketones is 1. The van der Waals surface area contributed by atoms with E-state index in [4.69, 9.17) is 8.85 Å². The van der Waals surface area contributed by atoms with Crippen LogP contribution in [0.1, 0.15) is 26.1 Å². The number of aliphatic hydroxyl groups excluding tert-OH is 1. The number of phenols is 4. The summed E-state index contributed by atoms with van der Waals surface area (Å²) in [7, 11) is 0. The molecule has 0 fully saturated rings. The highest BCUT2D eigenvalue weighted by molar-refractivity contribution is 6.05. The number of ether oxygens (including phenoxy) is 1. The molecule has 114 valence electrons. The van der Waals surface area contributed by atoms with Crippen molar-refractivity contribution in [2.75, 3.05) is 0 Å². The molecule has 1 heterocycles. The number of aliphatic hydroxyl groups is 1. The van der Waals surface area contributed by atoms with Gasteiger partial charge in [-0.15, -0.1) is 0 Å². The first kappa shape index (κ1) is 10.7. The van der Waals surface area contributed by atoms with Crippen LogP contribution in [0, 0.1) is 0 Å². The SMILES string of the molecule is [2H]c1c([2H])c([C@H]2Oc3cc(O)cc(O)c3C(=O)[C@@H]2O)c([2H])c(O)c1O. The fourth-order valence-electron chi connectivity index (χ4n) is 2.18. The standard InChI is InChI=1S/C15H12O7/c16-7-4-10(19)12-11(5-7)22-15(14(21)13(12)20)6-1-2-8(17)9(18)3-6/h1-5,14-19,21H/t14-,15+/m0/s1/i1D,2D,3D. The Morgan fingerprint density at radius 1 is 1.05 bits per heavy atom. The number of hydrogen-bond donors (Lipinski definition) is 5. The Morgan fingerprint density at radius 3 is 2.50 bits per heavy atom. The summed E-state index contributed by atoms with van der Waals surface area (Å²) < 4.78 is 28.6. The summed E-state index contributed by atoms with van der Waals surface area (Å²) in [6, 6.07) is -0.432. The van der Waals surface area contributed by atoms with Crippen molar-refractivity contribution in [1.29, 1.82) is 0 Å². The molecule has 0 bridgehead atoms. The van der Waals surface area contributed by atoms with Crippen LogP contribution in [0.15, 0.2) is 30.3 Å². The minimum atomic E-state index is -1.94. The van der Waals surface area contributed by atoms with Crippen LogP contribution < -0.4 is 4.74 Å². The van der Waals surface area contributed by atoms with E-state index in [0.29, 0.717) is 0 Å². The third kappa shape index (κ3) is 2.08. The fourth-order valence-corrected chi connectivity index (χ4v) is 2.18. The summed E-state index contributed by atoms with van der Waals surface area (Å²) in [4.78, 5) is 12.3. The van der Waals surface area contributed by atoms with Gasteiger partial charge in [0.25, 0.3) is 0 Å². The minimum absolute atomic E-state index is 0.296. The Bertz CT molecular complexity index is 884. The summed E-state index contributed by atoms with van der Waals surface area (Å²) in [5, 5.41) is 48.7. The summed E-state index contributed by atoms with van der Waals surface area (Å²) in [5.74, 6) is -4.30. The van der Waals surface area contributed by atoms with Gasteiger partial charge in [-0.2, -0.15) is 0 Å². The summed E-state index contributed by atoms with van der Waals surface area (Å²) in [6.07, 6.45) is -3.60. The minimum Gasteiger partial charge on any atom is -0.508 e. The van der Waals surface area contributed by atoms with Gasteiger partial charge in [-0.1, -0.05) is 6.04 Å². The van der Waals surface area contributed by atoms with Gasteiger partial charge in [0.05, 0.1) is 4.11 Å². The van der Waals surface area contributed by atoms with Crippen molar-refractivity contribution in [3.63, 3.8) is 0 Å². The number of fused-ring (bicyclic) bond motifs is 1. The second-order valence-electron chi connectivity index (χ2n) is 4.67. The third-order valence-electron chi connectivity index (χ3n) is 3.20. The molecule has 5 N–H and O–H groups in total. The van der Waals surface area contributed by atoms with Crippen LogP contribution in [0.4, 0.5) is 0 Å². The van der Waals surface area contributed by atoms with Gasteiger partial charge in [0.2, 0.25) is 5.78 Å². The fraction of sp³-hybridized carbons (Fsp3) is 0.133. The second kappa shape index (κ2) is 4.81. The predicted octanol–water partition coefficient (Wildman–Crippen LogP) is 1.19. The number of carbonyl (C=O) groups is 1. The average molecular weight is 307 g/mol. The van der Waals surface area contributed by atoms with Crippen molar-refractivity contribution in [2.45, 2.75) is 12.2 Å². The Hall–Kier alpha value is -2.93. The molecule has 2 aromatic carbocycles. The highest BCUT2D eigenvalue weighted by Gasteiger charge is 2.39. The van der Waals surface area contributed by atoms with E-state index in [1.54, 1.807) is 0 Å². The zero-order valence-corrected chi connectivity index (χ0v) is 10.9. The first-order valence-corrected chi connectivity index (χ1v) is 6.11. The lowest BCUT2D eigenvalue weighted by atomic mass is 9.92. The van der Waals surface area contributed by atoms with Gasteiger partial charge < -0.3 is 30.3 Å². The molecule has 0 amide bonds. The molecule has 22 heavy (non-hydrogen) atoms. The number of phenolic OH excluding ortho intramolecular Hbond substituents is 4. The monoisotopic (exact) mass is 307 g/mol. The Kier molecular flexibility index (Phi) is 2.35. The maximum Gasteiger partial charge on any atom is 0.202 e. The predicted molar refractivity (Wildman–Crippen MR) is 73.2 cm³/mol. The first-order chi connectivity index (χ1) is 11.6. The van der Waals surface area contributed by atoms with Crippen LogP contribution in [0.2, 0.25) is 0 Å². The first-order valence-electron chi connectivity index (χ1n) is 7.61. The highest BCUT2D eigenvalue weighted by atomic mass is 16.5. The molecule has 0 saturated heterocycles. The van der Waals surface area contributed by atoms with Crippen molar-refractivity contribution in [3.8, 4) is 28.7 Å². The topological polar surface area (TPSA) is 127 Å². The van der Waals surface area contributed by atoms with E-state index in [1.165, 1.54) is 0 Å². The average Bonchev–Trinajstić information content (AvgIpc) is 2.55. The quantitative estimate of drug-likeness (QED) is 0.501. The van der Waals surface area contributed by atoms with Gasteiger partial charge in [0.1, 0.15) is 22.8 Å². The zero-order valence-electron chi connectivity index (χ0n) is 13.9. The van der Waals surface area contributed by atoms with Crippen molar-refractivity contribution in [1.82, 2.24) is 0 Å². The molecule has 1 aliphatic rings. The van der Waals surface area contributed by atoms with Crippen LogP contribution in [-0.2, 0) is 0 Å². The van der Waals surface area contributed by atoms with Crippen LogP contribution in [0.5, 0.6) is 28.7 Å². The van der Waals surface area contributed by atoms with Crippen molar-refractivity contribution in [3.05, 3.63) is 41.4 Å². The maximum atomic E-state index is 12.3. The Morgan fingerprint density at radius 2 is 1.77 bits per heavy atom. The van der Waals surface area contributed by atoms with Crippen LogP contribution in [0.25, 0.3) is 0 Å². The molecule has 2 atom stereocenters. The third-order valence-corrected chi connectivity index (χ3v) is 3.20. The lowest BCUT2D eigenvalue weighted by Crippen LogP contribution is -2.36. The lowest BCUT2D eigenvalue weighted by Gasteiger charge is -2.30. The van der Waals surface area contributed by atoms with Crippen molar-refractivity contribution in [2.24, 2.45) is 0 Å². The molecule has 0 saturated carbocycles. The van der Waals surface area contributed by atoms with E-state index in [0.717, 1.165) is 12.1 Å². The molecule has 0 radical (unpaired) electrons. The van der Waals surface area contributed by atoms with E-state index < -0.39 is 64.7 Å². The van der Waals surface area contributed by atoms with Crippen molar-refractivity contribution >= 4 is 5.78 Å². The Labute approximate surface area is 128 Å². The smallest absolute Gasteiger partial charge is 0.202 e. The summed E-state index contributed by atoms with van der Waals surface area (Å²) in [5.41, 5.74) is -0.872. The maximum absolute atomic E-state index is 12.3. The Balaban J connectivity index is 2.22. The van der Waals surface area contributed by atoms with Gasteiger partial charge in [0.15, 0.2) is 23.7 Å². The molecule has 0 aromatic heterocycles. The molecule has 0 spiro atoms.